The molecule has 1 saturated heterocycles. The Labute approximate surface area is 129 Å². The van der Waals surface area contributed by atoms with E-state index in [1.165, 1.54) is 25.3 Å². The molecule has 20 heavy (non-hydrogen) atoms. The summed E-state index contributed by atoms with van der Waals surface area (Å²) in [7, 11) is 1.42. The zero-order valence-corrected chi connectivity index (χ0v) is 12.4. The highest BCUT2D eigenvalue weighted by atomic mass is 35.5. The number of benzene rings is 1. The monoisotopic (exact) mass is 330 g/mol. The van der Waals surface area contributed by atoms with Gasteiger partial charge in [-0.15, -0.1) is 0 Å². The Morgan fingerprint density at radius 3 is 2.35 bits per heavy atom. The van der Waals surface area contributed by atoms with Gasteiger partial charge in [-0.25, -0.2) is 0 Å². The van der Waals surface area contributed by atoms with Gasteiger partial charge in [0.05, 0.1) is 12.1 Å². The Hall–Kier alpha value is -1.63. The van der Waals surface area contributed by atoms with E-state index >= 15 is 0 Å². The molecule has 0 spiro atoms. The predicted octanol–water partition coefficient (Wildman–Crippen LogP) is 1.92. The second-order valence-corrected chi connectivity index (χ2v) is 5.06. The predicted molar refractivity (Wildman–Crippen MR) is 79.9 cm³/mol. The third-order valence-corrected chi connectivity index (χ3v) is 3.19. The summed E-state index contributed by atoms with van der Waals surface area (Å²) in [5.74, 6) is -0.883. The first-order chi connectivity index (χ1) is 9.42. The number of methoxy groups -OCH3 is 1. The maximum atomic E-state index is 11.8. The molecule has 1 aromatic carbocycles. The summed E-state index contributed by atoms with van der Waals surface area (Å²) < 4.78 is 5.14. The number of amides is 2. The zero-order valence-electron chi connectivity index (χ0n) is 10.1. The molecule has 0 bridgehead atoms. The second kappa shape index (κ2) is 5.78. The summed E-state index contributed by atoms with van der Waals surface area (Å²) in [6, 6.07) is 3.03. The summed E-state index contributed by atoms with van der Waals surface area (Å²) in [4.78, 5) is 23.5. The van der Waals surface area contributed by atoms with Crippen LogP contribution in [0.5, 0.6) is 5.75 Å². The fourth-order valence-corrected chi connectivity index (χ4v) is 2.44. The van der Waals surface area contributed by atoms with Crippen molar-refractivity contribution in [3.63, 3.8) is 0 Å². The van der Waals surface area contributed by atoms with Crippen LogP contribution in [0.15, 0.2) is 17.7 Å². The molecule has 2 N–H and O–H groups in total. The van der Waals surface area contributed by atoms with Crippen LogP contribution in [0, 0.1) is 0 Å². The molecule has 5 nitrogen and oxygen atoms in total. The summed E-state index contributed by atoms with van der Waals surface area (Å²) in [5, 5.41) is 5.26. The van der Waals surface area contributed by atoms with Crippen LogP contribution in [-0.2, 0) is 9.59 Å². The largest absolute Gasteiger partial charge is 0.495 e. The number of hydrogen-bond acceptors (Lipinski definition) is 4. The van der Waals surface area contributed by atoms with Gasteiger partial charge in [0.15, 0.2) is 5.11 Å². The zero-order chi connectivity index (χ0) is 14.9. The number of carbonyl (C=O) groups is 2. The number of ether oxygens (including phenoxy) is 1. The highest BCUT2D eigenvalue weighted by Crippen LogP contribution is 2.33. The van der Waals surface area contributed by atoms with Gasteiger partial charge < -0.3 is 4.74 Å². The van der Waals surface area contributed by atoms with Gasteiger partial charge in [-0.1, -0.05) is 23.2 Å². The van der Waals surface area contributed by atoms with E-state index in [9.17, 15) is 9.59 Å². The third kappa shape index (κ3) is 2.92. The Balaban J connectivity index is 2.52. The van der Waals surface area contributed by atoms with Gasteiger partial charge in [0, 0.05) is 10.6 Å². The van der Waals surface area contributed by atoms with Crippen molar-refractivity contribution < 1.29 is 14.3 Å². The normalized spacial score (nSPS) is 14.8. The van der Waals surface area contributed by atoms with E-state index < -0.39 is 11.8 Å². The van der Waals surface area contributed by atoms with E-state index in [2.05, 4.69) is 10.6 Å². The first-order valence-electron chi connectivity index (χ1n) is 5.33. The van der Waals surface area contributed by atoms with Crippen LogP contribution in [0.4, 0.5) is 0 Å². The molecule has 1 aromatic rings. The van der Waals surface area contributed by atoms with Crippen molar-refractivity contribution in [3.8, 4) is 5.75 Å². The minimum absolute atomic E-state index is 0.0340. The van der Waals surface area contributed by atoms with Crippen molar-refractivity contribution in [2.24, 2.45) is 0 Å². The number of halogens is 2. The second-order valence-electron chi connectivity index (χ2n) is 3.81. The van der Waals surface area contributed by atoms with Crippen LogP contribution in [-0.4, -0.2) is 24.0 Å². The molecule has 1 fully saturated rings. The Morgan fingerprint density at radius 2 is 1.80 bits per heavy atom. The molecule has 1 aliphatic heterocycles. The molecular weight excluding hydrogens is 323 g/mol. The minimum atomic E-state index is -0.600. The molecule has 1 heterocycles. The van der Waals surface area contributed by atoms with Crippen molar-refractivity contribution in [1.29, 1.82) is 0 Å². The fraction of sp³-hybridized carbons (Fsp3) is 0.0833. The molecule has 0 unspecified atom stereocenters. The van der Waals surface area contributed by atoms with E-state index in [4.69, 9.17) is 40.2 Å². The topological polar surface area (TPSA) is 67.4 Å². The lowest BCUT2D eigenvalue weighted by Gasteiger charge is -2.17. The molecule has 2 amide bonds. The lowest BCUT2D eigenvalue weighted by molar-refractivity contribution is -0.123. The Morgan fingerprint density at radius 1 is 1.20 bits per heavy atom. The lowest BCUT2D eigenvalue weighted by Crippen LogP contribution is -2.51. The van der Waals surface area contributed by atoms with Crippen LogP contribution in [0.25, 0.3) is 6.08 Å². The molecular formula is C12H8Cl2N2O3S. The lowest BCUT2D eigenvalue weighted by atomic mass is 10.1. The molecule has 2 rings (SSSR count). The number of rotatable bonds is 2. The summed E-state index contributed by atoms with van der Waals surface area (Å²) >= 11 is 16.6. The van der Waals surface area contributed by atoms with E-state index in [1.54, 1.807) is 0 Å². The summed E-state index contributed by atoms with van der Waals surface area (Å²) in [5.41, 5.74) is 0.299. The van der Waals surface area contributed by atoms with Gasteiger partial charge in [-0.3, -0.25) is 20.2 Å². The van der Waals surface area contributed by atoms with Crippen molar-refractivity contribution >= 4 is 58.4 Å². The first-order valence-corrected chi connectivity index (χ1v) is 6.50. The van der Waals surface area contributed by atoms with E-state index in [-0.39, 0.29) is 15.7 Å². The maximum Gasteiger partial charge on any atom is 0.263 e. The smallest absolute Gasteiger partial charge is 0.263 e. The van der Waals surface area contributed by atoms with Crippen molar-refractivity contribution in [2.45, 2.75) is 0 Å². The van der Waals surface area contributed by atoms with E-state index in [0.29, 0.717) is 16.3 Å². The van der Waals surface area contributed by atoms with Crippen LogP contribution in [0.1, 0.15) is 5.56 Å². The van der Waals surface area contributed by atoms with Gasteiger partial charge in [0.2, 0.25) is 0 Å². The fourth-order valence-electron chi connectivity index (χ4n) is 1.66. The standard InChI is InChI=1S/C12H8Cl2N2O3S/c1-19-9-5(2-6(13)4-8(9)14)3-7-10(17)15-12(20)16-11(7)18/h2-4H,1H3,(H2,15,16,17,18,20). The molecule has 1 aliphatic rings. The molecule has 0 aliphatic carbocycles. The molecule has 0 atom stereocenters. The summed E-state index contributed by atoms with van der Waals surface area (Å²) in [6.45, 7) is 0. The van der Waals surface area contributed by atoms with Crippen LogP contribution >= 0.6 is 35.4 Å². The van der Waals surface area contributed by atoms with Gasteiger partial charge in [0.1, 0.15) is 11.3 Å². The minimum Gasteiger partial charge on any atom is -0.495 e. The number of carbonyl (C=O) groups excluding carboxylic acids is 2. The van der Waals surface area contributed by atoms with Gasteiger partial charge in [-0.2, -0.15) is 0 Å². The molecule has 0 aromatic heterocycles. The van der Waals surface area contributed by atoms with Gasteiger partial charge >= 0.3 is 0 Å². The Kier molecular flexibility index (Phi) is 4.27. The van der Waals surface area contributed by atoms with Crippen LogP contribution < -0.4 is 15.4 Å². The van der Waals surface area contributed by atoms with E-state index in [0.717, 1.165) is 0 Å². The summed E-state index contributed by atoms with van der Waals surface area (Å²) in [6.07, 6.45) is 1.34. The van der Waals surface area contributed by atoms with Crippen molar-refractivity contribution in [1.82, 2.24) is 10.6 Å². The first kappa shape index (κ1) is 14.8. The van der Waals surface area contributed by atoms with Crippen molar-refractivity contribution in [3.05, 3.63) is 33.3 Å². The average Bonchev–Trinajstić information content (AvgIpc) is 2.33. The molecule has 8 heteroatoms. The van der Waals surface area contributed by atoms with E-state index in [1.807, 2.05) is 0 Å². The molecule has 0 saturated carbocycles. The van der Waals surface area contributed by atoms with Gasteiger partial charge in [-0.05, 0) is 30.4 Å². The van der Waals surface area contributed by atoms with Crippen LogP contribution in [0.3, 0.4) is 0 Å². The average molecular weight is 331 g/mol. The van der Waals surface area contributed by atoms with Crippen molar-refractivity contribution in [2.75, 3.05) is 7.11 Å². The SMILES string of the molecule is COc1c(Cl)cc(Cl)cc1C=C1C(=O)NC(=S)NC1=O. The molecule has 0 radical (unpaired) electrons. The molecule has 104 valence electrons. The third-order valence-electron chi connectivity index (χ3n) is 2.48. The maximum absolute atomic E-state index is 11.8. The number of thiocarbonyl (C=S) groups is 1. The number of nitrogens with one attached hydrogen (secondary N) is 2. The quantitative estimate of drug-likeness (QED) is 0.494. The number of hydrogen-bond donors (Lipinski definition) is 2. The van der Waals surface area contributed by atoms with Gasteiger partial charge in [0.25, 0.3) is 11.8 Å². The Bertz CT molecular complexity index is 636. The highest BCUT2D eigenvalue weighted by molar-refractivity contribution is 7.80. The van der Waals surface area contributed by atoms with Crippen LogP contribution in [0.2, 0.25) is 10.0 Å². The highest BCUT2D eigenvalue weighted by Gasteiger charge is 2.26.